The van der Waals surface area contributed by atoms with Crippen LogP contribution >= 0.6 is 0 Å². The molecule has 1 nitrogen and oxygen atoms in total. The molecule has 0 unspecified atom stereocenters. The summed E-state index contributed by atoms with van der Waals surface area (Å²) in [6, 6.07) is 9.29. The number of hydrogen-bond acceptors (Lipinski definition) is 1. The first-order chi connectivity index (χ1) is 14.8. The largest absolute Gasteiger partial charge is 0.376 e. The molecule has 0 bridgehead atoms. The van der Waals surface area contributed by atoms with Crippen molar-refractivity contribution in [3.8, 4) is 0 Å². The number of rotatable bonds is 10. The Morgan fingerprint density at radius 3 is 2.13 bits per heavy atom. The third-order valence-corrected chi connectivity index (χ3v) is 7.50. The Balaban J connectivity index is 1.37. The molecule has 2 aliphatic rings. The van der Waals surface area contributed by atoms with Gasteiger partial charge in [0.2, 0.25) is 0 Å². The Labute approximate surface area is 186 Å². The van der Waals surface area contributed by atoms with E-state index in [1.807, 2.05) is 0 Å². The summed E-state index contributed by atoms with van der Waals surface area (Å²) in [5.74, 6) is 3.64. The van der Waals surface area contributed by atoms with Crippen molar-refractivity contribution >= 4 is 0 Å². The molecule has 3 rings (SSSR count). The molecule has 0 heterocycles. The number of hydrogen-bond donors (Lipinski definition) is 0. The Morgan fingerprint density at radius 2 is 1.50 bits per heavy atom. The number of benzene rings is 1. The highest BCUT2D eigenvalue weighted by Gasteiger charge is 2.30. The van der Waals surface area contributed by atoms with E-state index in [0.29, 0.717) is 0 Å². The fourth-order valence-corrected chi connectivity index (χ4v) is 5.58. The van der Waals surface area contributed by atoms with E-state index in [-0.39, 0.29) is 0 Å². The summed E-state index contributed by atoms with van der Waals surface area (Å²) in [5.41, 5.74) is 2.86. The van der Waals surface area contributed by atoms with Crippen molar-refractivity contribution < 1.29 is 4.74 Å². The van der Waals surface area contributed by atoms with Crippen molar-refractivity contribution in [1.82, 2.24) is 0 Å². The lowest BCUT2D eigenvalue weighted by Gasteiger charge is -2.37. The molecule has 166 valence electrons. The maximum Gasteiger partial charge on any atom is 0.0717 e. The summed E-state index contributed by atoms with van der Waals surface area (Å²) < 4.78 is 5.77. The summed E-state index contributed by atoms with van der Waals surface area (Å²) in [6.45, 7) is 5.88. The summed E-state index contributed by atoms with van der Waals surface area (Å²) in [7, 11) is 0. The zero-order chi connectivity index (χ0) is 21.0. The molecule has 30 heavy (non-hydrogen) atoms. The summed E-state index contributed by atoms with van der Waals surface area (Å²) in [4.78, 5) is 0. The van der Waals surface area contributed by atoms with Gasteiger partial charge in [-0.3, -0.25) is 0 Å². The lowest BCUT2D eigenvalue weighted by molar-refractivity contribution is 0.125. The average molecular weight is 409 g/mol. The van der Waals surface area contributed by atoms with E-state index in [1.54, 1.807) is 5.56 Å². The van der Waals surface area contributed by atoms with Crippen LogP contribution in [0.3, 0.4) is 0 Å². The van der Waals surface area contributed by atoms with E-state index < -0.39 is 0 Å². The van der Waals surface area contributed by atoms with Crippen LogP contribution in [0.15, 0.2) is 48.6 Å². The van der Waals surface area contributed by atoms with Crippen molar-refractivity contribution in [2.45, 2.75) is 97.0 Å². The van der Waals surface area contributed by atoms with Crippen LogP contribution in [0.4, 0.5) is 0 Å². The number of ether oxygens (including phenoxy) is 1. The van der Waals surface area contributed by atoms with Crippen molar-refractivity contribution in [1.29, 1.82) is 0 Å². The molecule has 1 aromatic rings. The predicted octanol–water partition coefficient (Wildman–Crippen LogP) is 8.61. The van der Waals surface area contributed by atoms with Crippen molar-refractivity contribution in [2.75, 3.05) is 6.61 Å². The third-order valence-electron chi connectivity index (χ3n) is 7.50. The van der Waals surface area contributed by atoms with Gasteiger partial charge in [0.25, 0.3) is 0 Å². The molecule has 0 saturated heterocycles. The molecule has 1 heteroatoms. The van der Waals surface area contributed by atoms with Crippen molar-refractivity contribution in [2.24, 2.45) is 17.8 Å². The standard InChI is InChI=1S/C29H44O/c1-3-5-7-9-24-10-14-26(15-11-24)28-18-20-29(21-19-28)27-16-12-25(13-17-27)23-30-22-8-6-4-2/h4,6-7,9,12-13,16-17,24,26,28-29H,3,5,8,10-11,14-15,18-23H2,1-2H3/b6-4+,9-7+/t24-,26-,28?,29?. The van der Waals surface area contributed by atoms with Gasteiger partial charge < -0.3 is 4.74 Å². The Bertz CT molecular complexity index is 625. The van der Waals surface area contributed by atoms with Gasteiger partial charge in [0.1, 0.15) is 0 Å². The minimum atomic E-state index is 0.737. The predicted molar refractivity (Wildman–Crippen MR) is 130 cm³/mol. The lowest BCUT2D eigenvalue weighted by atomic mass is 9.68. The van der Waals surface area contributed by atoms with Gasteiger partial charge in [-0.25, -0.2) is 0 Å². The van der Waals surface area contributed by atoms with Gasteiger partial charge in [0.05, 0.1) is 13.2 Å². The van der Waals surface area contributed by atoms with E-state index >= 15 is 0 Å². The van der Waals surface area contributed by atoms with E-state index in [1.165, 1.54) is 69.8 Å². The first-order valence-electron chi connectivity index (χ1n) is 12.7. The van der Waals surface area contributed by atoms with Crippen molar-refractivity contribution in [3.63, 3.8) is 0 Å². The number of unbranched alkanes of at least 4 members (excludes halogenated alkanes) is 1. The normalized spacial score (nSPS) is 27.8. The van der Waals surface area contributed by atoms with Crippen LogP contribution in [0.1, 0.15) is 102 Å². The summed E-state index contributed by atoms with van der Waals surface area (Å²) in [6.07, 6.45) is 24.2. The van der Waals surface area contributed by atoms with Crippen LogP contribution in [0, 0.1) is 17.8 Å². The topological polar surface area (TPSA) is 9.23 Å². The molecular formula is C29H44O. The molecule has 0 aromatic heterocycles. The Kier molecular flexibility index (Phi) is 10.2. The lowest BCUT2D eigenvalue weighted by Crippen LogP contribution is -2.25. The van der Waals surface area contributed by atoms with Gasteiger partial charge >= 0.3 is 0 Å². The second-order valence-corrected chi connectivity index (χ2v) is 9.66. The van der Waals surface area contributed by atoms with Gasteiger partial charge in [-0.2, -0.15) is 0 Å². The van der Waals surface area contributed by atoms with Crippen LogP contribution < -0.4 is 0 Å². The molecule has 0 spiro atoms. The molecule has 1 aromatic carbocycles. The zero-order valence-corrected chi connectivity index (χ0v) is 19.5. The molecule has 0 N–H and O–H groups in total. The van der Waals surface area contributed by atoms with Gasteiger partial charge in [-0.05, 0) is 106 Å². The van der Waals surface area contributed by atoms with Gasteiger partial charge in [-0.15, -0.1) is 0 Å². The first-order valence-corrected chi connectivity index (χ1v) is 12.7. The van der Waals surface area contributed by atoms with Crippen LogP contribution in [0.2, 0.25) is 0 Å². The molecule has 0 aliphatic heterocycles. The number of allylic oxidation sites excluding steroid dienone is 3. The highest BCUT2D eigenvalue weighted by molar-refractivity contribution is 5.25. The van der Waals surface area contributed by atoms with Crippen LogP contribution in [0.5, 0.6) is 0 Å². The minimum Gasteiger partial charge on any atom is -0.376 e. The van der Waals surface area contributed by atoms with E-state index in [9.17, 15) is 0 Å². The zero-order valence-electron chi connectivity index (χ0n) is 19.5. The molecule has 2 aliphatic carbocycles. The van der Waals surface area contributed by atoms with Crippen LogP contribution in [0.25, 0.3) is 0 Å². The monoisotopic (exact) mass is 408 g/mol. The molecule has 0 amide bonds. The van der Waals surface area contributed by atoms with Crippen LogP contribution in [-0.2, 0) is 11.3 Å². The second-order valence-electron chi connectivity index (χ2n) is 9.66. The van der Waals surface area contributed by atoms with E-state index in [2.05, 4.69) is 62.4 Å². The maximum absolute atomic E-state index is 5.77. The quantitative estimate of drug-likeness (QED) is 0.278. The molecule has 0 atom stereocenters. The van der Waals surface area contributed by atoms with Crippen LogP contribution in [-0.4, -0.2) is 6.61 Å². The third kappa shape index (κ3) is 7.41. The molecule has 0 radical (unpaired) electrons. The van der Waals surface area contributed by atoms with Gasteiger partial charge in [0.15, 0.2) is 0 Å². The maximum atomic E-state index is 5.77. The SMILES string of the molecule is C/C=C/CCOCc1ccc(C2CCC([C@H]3CC[C@H](/C=C/CCC)CC3)CC2)cc1. The van der Waals surface area contributed by atoms with Gasteiger partial charge in [-0.1, -0.05) is 61.9 Å². The fraction of sp³-hybridized carbons (Fsp3) is 0.655. The first kappa shape index (κ1) is 23.3. The molecular weight excluding hydrogens is 364 g/mol. The summed E-state index contributed by atoms with van der Waals surface area (Å²) >= 11 is 0. The van der Waals surface area contributed by atoms with Crippen molar-refractivity contribution in [3.05, 3.63) is 59.7 Å². The Hall–Kier alpha value is -1.34. The average Bonchev–Trinajstić information content (AvgIpc) is 2.80. The second kappa shape index (κ2) is 13.2. The smallest absolute Gasteiger partial charge is 0.0717 e. The Morgan fingerprint density at radius 1 is 0.833 bits per heavy atom. The molecule has 2 saturated carbocycles. The van der Waals surface area contributed by atoms with E-state index in [0.717, 1.165) is 43.3 Å². The highest BCUT2D eigenvalue weighted by atomic mass is 16.5. The van der Waals surface area contributed by atoms with E-state index in [4.69, 9.17) is 4.74 Å². The summed E-state index contributed by atoms with van der Waals surface area (Å²) in [5, 5.41) is 0. The fourth-order valence-electron chi connectivity index (χ4n) is 5.58. The molecule has 2 fully saturated rings. The van der Waals surface area contributed by atoms with Gasteiger partial charge in [0, 0.05) is 0 Å². The highest BCUT2D eigenvalue weighted by Crippen LogP contribution is 2.44. The minimum absolute atomic E-state index is 0.737.